The van der Waals surface area contributed by atoms with Crippen LogP contribution in [0.1, 0.15) is 5.56 Å². The first-order valence-corrected chi connectivity index (χ1v) is 6.99. The number of nitrogen functional groups attached to an aromatic ring is 1. The molecule has 0 aliphatic heterocycles. The second-order valence-electron chi connectivity index (χ2n) is 4.46. The molecule has 1 amide bonds. The lowest BCUT2D eigenvalue weighted by Crippen LogP contribution is -2.20. The molecule has 0 fully saturated rings. The topological polar surface area (TPSA) is 64.3 Å². The summed E-state index contributed by atoms with van der Waals surface area (Å²) in [5, 5.41) is 2.67. The molecule has 110 valence electrons. The van der Waals surface area contributed by atoms with E-state index >= 15 is 0 Å². The van der Waals surface area contributed by atoms with Crippen molar-refractivity contribution in [3.63, 3.8) is 0 Å². The maximum Gasteiger partial charge on any atom is 0.262 e. The van der Waals surface area contributed by atoms with Crippen molar-refractivity contribution in [2.24, 2.45) is 0 Å². The summed E-state index contributed by atoms with van der Waals surface area (Å²) in [6.45, 7) is 1.45. The second-order valence-corrected chi connectivity index (χ2v) is 5.31. The van der Waals surface area contributed by atoms with Crippen molar-refractivity contribution >= 4 is 33.2 Å². The molecule has 0 radical (unpaired) electrons. The highest BCUT2D eigenvalue weighted by Gasteiger charge is 2.10. The van der Waals surface area contributed by atoms with Crippen molar-refractivity contribution in [2.45, 2.75) is 6.92 Å². The summed E-state index contributed by atoms with van der Waals surface area (Å²) >= 11 is 3.32. The van der Waals surface area contributed by atoms with Gasteiger partial charge in [0.2, 0.25) is 0 Å². The molecule has 0 saturated heterocycles. The average molecular weight is 353 g/mol. The maximum absolute atomic E-state index is 13.6. The lowest BCUT2D eigenvalue weighted by atomic mass is 10.2. The van der Waals surface area contributed by atoms with E-state index in [2.05, 4.69) is 21.2 Å². The van der Waals surface area contributed by atoms with Crippen LogP contribution < -0.4 is 15.8 Å². The van der Waals surface area contributed by atoms with Crippen molar-refractivity contribution in [1.29, 1.82) is 0 Å². The molecule has 0 heterocycles. The van der Waals surface area contributed by atoms with E-state index in [1.165, 1.54) is 12.1 Å². The Morgan fingerprint density at radius 1 is 1.38 bits per heavy atom. The van der Waals surface area contributed by atoms with E-state index in [-0.39, 0.29) is 18.3 Å². The number of para-hydroxylation sites is 1. The van der Waals surface area contributed by atoms with Crippen LogP contribution in [0.15, 0.2) is 40.9 Å². The van der Waals surface area contributed by atoms with Crippen LogP contribution in [0.4, 0.5) is 15.8 Å². The average Bonchev–Trinajstić information content (AvgIpc) is 2.44. The maximum atomic E-state index is 13.6. The first kappa shape index (κ1) is 15.3. The third-order valence-corrected chi connectivity index (χ3v) is 3.52. The highest BCUT2D eigenvalue weighted by Crippen LogP contribution is 2.24. The first-order chi connectivity index (χ1) is 9.97. The molecule has 3 N–H and O–H groups in total. The summed E-state index contributed by atoms with van der Waals surface area (Å²) in [7, 11) is 0. The zero-order chi connectivity index (χ0) is 15.4. The number of benzene rings is 2. The van der Waals surface area contributed by atoms with Crippen LogP contribution in [0.3, 0.4) is 0 Å². The molecule has 21 heavy (non-hydrogen) atoms. The number of nitrogens with two attached hydrogens (primary N) is 1. The van der Waals surface area contributed by atoms with Gasteiger partial charge in [-0.15, -0.1) is 0 Å². The lowest BCUT2D eigenvalue weighted by Gasteiger charge is -2.10. The number of rotatable bonds is 4. The van der Waals surface area contributed by atoms with Gasteiger partial charge in [-0.1, -0.05) is 12.1 Å². The fraction of sp³-hybridized carbons (Fsp3) is 0.133. The second kappa shape index (κ2) is 6.58. The van der Waals surface area contributed by atoms with Crippen molar-refractivity contribution in [2.75, 3.05) is 17.7 Å². The van der Waals surface area contributed by atoms with E-state index < -0.39 is 5.82 Å². The van der Waals surface area contributed by atoms with Crippen LogP contribution in [0.25, 0.3) is 0 Å². The highest BCUT2D eigenvalue weighted by atomic mass is 79.9. The quantitative estimate of drug-likeness (QED) is 0.827. The molecule has 0 aliphatic rings. The fourth-order valence-electron chi connectivity index (χ4n) is 1.67. The van der Waals surface area contributed by atoms with Gasteiger partial charge < -0.3 is 15.8 Å². The zero-order valence-electron chi connectivity index (χ0n) is 11.3. The van der Waals surface area contributed by atoms with Gasteiger partial charge in [0.15, 0.2) is 18.2 Å². The minimum absolute atomic E-state index is 0.00368. The van der Waals surface area contributed by atoms with Crippen LogP contribution in [-0.4, -0.2) is 12.5 Å². The van der Waals surface area contributed by atoms with E-state index in [0.29, 0.717) is 16.9 Å². The zero-order valence-corrected chi connectivity index (χ0v) is 12.9. The fourth-order valence-corrected chi connectivity index (χ4v) is 2.06. The highest BCUT2D eigenvalue weighted by molar-refractivity contribution is 9.10. The van der Waals surface area contributed by atoms with Gasteiger partial charge in [-0.05, 0) is 46.6 Å². The van der Waals surface area contributed by atoms with Gasteiger partial charge in [0, 0.05) is 16.2 Å². The third kappa shape index (κ3) is 3.95. The standard InChI is InChI=1S/C15H14BrFN2O2/c1-9-6-14(11(17)7-12(9)18)21-8-15(20)19-13-5-3-2-4-10(13)16/h2-7H,8,18H2,1H3,(H,19,20). The number of hydrogen-bond donors (Lipinski definition) is 2. The van der Waals surface area contributed by atoms with E-state index in [4.69, 9.17) is 10.5 Å². The molecule has 2 aromatic carbocycles. The van der Waals surface area contributed by atoms with Crippen LogP contribution in [0, 0.1) is 12.7 Å². The predicted octanol–water partition coefficient (Wildman–Crippen LogP) is 3.50. The molecule has 0 saturated carbocycles. The Labute approximate surface area is 130 Å². The summed E-state index contributed by atoms with van der Waals surface area (Å²) in [6.07, 6.45) is 0. The number of anilines is 2. The normalized spacial score (nSPS) is 10.2. The van der Waals surface area contributed by atoms with Crippen molar-refractivity contribution < 1.29 is 13.9 Å². The Kier molecular flexibility index (Phi) is 4.80. The van der Waals surface area contributed by atoms with E-state index in [1.807, 2.05) is 6.07 Å². The molecule has 2 aromatic rings. The number of carbonyl (C=O) groups is 1. The summed E-state index contributed by atoms with van der Waals surface area (Å²) in [4.78, 5) is 11.8. The van der Waals surface area contributed by atoms with E-state index in [0.717, 1.165) is 4.47 Å². The van der Waals surface area contributed by atoms with Crippen LogP contribution in [-0.2, 0) is 4.79 Å². The van der Waals surface area contributed by atoms with Gasteiger partial charge in [0.25, 0.3) is 5.91 Å². The summed E-state index contributed by atoms with van der Waals surface area (Å²) in [5.74, 6) is -0.966. The molecular weight excluding hydrogens is 339 g/mol. The molecule has 0 bridgehead atoms. The van der Waals surface area contributed by atoms with Crippen molar-refractivity contribution in [3.05, 3.63) is 52.3 Å². The molecule has 0 aliphatic carbocycles. The minimum Gasteiger partial charge on any atom is -0.481 e. The molecular formula is C15H14BrFN2O2. The smallest absolute Gasteiger partial charge is 0.262 e. The summed E-state index contributed by atoms with van der Waals surface area (Å²) < 4.78 is 19.6. The largest absolute Gasteiger partial charge is 0.481 e. The number of aryl methyl sites for hydroxylation is 1. The molecule has 4 nitrogen and oxygen atoms in total. The number of hydrogen-bond acceptors (Lipinski definition) is 3. The predicted molar refractivity (Wildman–Crippen MR) is 83.8 cm³/mol. The number of amides is 1. The Morgan fingerprint density at radius 3 is 2.81 bits per heavy atom. The number of carbonyl (C=O) groups excluding carboxylic acids is 1. The number of ether oxygens (including phenoxy) is 1. The molecule has 0 unspecified atom stereocenters. The van der Waals surface area contributed by atoms with Crippen LogP contribution in [0.2, 0.25) is 0 Å². The van der Waals surface area contributed by atoms with E-state index in [1.54, 1.807) is 25.1 Å². The third-order valence-electron chi connectivity index (χ3n) is 2.83. The molecule has 0 spiro atoms. The Morgan fingerprint density at radius 2 is 2.10 bits per heavy atom. The number of nitrogens with one attached hydrogen (secondary N) is 1. The summed E-state index contributed by atoms with van der Waals surface area (Å²) in [6, 6.07) is 9.83. The molecule has 6 heteroatoms. The minimum atomic E-state index is -0.591. The Balaban J connectivity index is 1.99. The van der Waals surface area contributed by atoms with Crippen LogP contribution >= 0.6 is 15.9 Å². The first-order valence-electron chi connectivity index (χ1n) is 6.20. The molecule has 0 atom stereocenters. The Bertz CT molecular complexity index is 677. The van der Waals surface area contributed by atoms with E-state index in [9.17, 15) is 9.18 Å². The summed E-state index contributed by atoms with van der Waals surface area (Å²) in [5.41, 5.74) is 7.25. The van der Waals surface area contributed by atoms with Gasteiger partial charge >= 0.3 is 0 Å². The monoisotopic (exact) mass is 352 g/mol. The molecule has 0 aromatic heterocycles. The van der Waals surface area contributed by atoms with Crippen LogP contribution in [0.5, 0.6) is 5.75 Å². The SMILES string of the molecule is Cc1cc(OCC(=O)Nc2ccccc2Br)c(F)cc1N. The lowest BCUT2D eigenvalue weighted by molar-refractivity contribution is -0.118. The molecule has 2 rings (SSSR count). The van der Waals surface area contributed by atoms with Gasteiger partial charge in [0.05, 0.1) is 5.69 Å². The van der Waals surface area contributed by atoms with Crippen molar-refractivity contribution in [3.8, 4) is 5.75 Å². The van der Waals surface area contributed by atoms with Gasteiger partial charge in [-0.25, -0.2) is 4.39 Å². The Hall–Kier alpha value is -2.08. The van der Waals surface area contributed by atoms with Gasteiger partial charge in [-0.2, -0.15) is 0 Å². The van der Waals surface area contributed by atoms with Gasteiger partial charge in [0.1, 0.15) is 0 Å². The van der Waals surface area contributed by atoms with Crippen molar-refractivity contribution in [1.82, 2.24) is 0 Å². The van der Waals surface area contributed by atoms with Gasteiger partial charge in [-0.3, -0.25) is 4.79 Å². The number of halogens is 2.